The van der Waals surface area contributed by atoms with Crippen LogP contribution in [-0.4, -0.2) is 68.0 Å². The highest BCUT2D eigenvalue weighted by Crippen LogP contribution is 2.41. The zero-order valence-corrected chi connectivity index (χ0v) is 14.8. The van der Waals surface area contributed by atoms with Crippen molar-refractivity contribution in [1.29, 1.82) is 0 Å². The quantitative estimate of drug-likeness (QED) is 0.435. The van der Waals surface area contributed by atoms with Gasteiger partial charge in [-0.25, -0.2) is 0 Å². The molecule has 4 fully saturated rings. The van der Waals surface area contributed by atoms with Crippen LogP contribution in [0.3, 0.4) is 0 Å². The molecule has 6 atom stereocenters. The number of aliphatic hydroxyl groups is 4. The van der Waals surface area contributed by atoms with Crippen LogP contribution in [0.15, 0.2) is 0 Å². The van der Waals surface area contributed by atoms with Crippen molar-refractivity contribution in [2.75, 3.05) is 0 Å². The third-order valence-electron chi connectivity index (χ3n) is 6.15. The van der Waals surface area contributed by atoms with Crippen LogP contribution < -0.4 is 0 Å². The maximum absolute atomic E-state index is 11.0. The van der Waals surface area contributed by atoms with Gasteiger partial charge in [0.25, 0.3) is 0 Å². The van der Waals surface area contributed by atoms with Crippen molar-refractivity contribution in [2.24, 2.45) is 0 Å². The molecule has 0 aromatic rings. The third kappa shape index (κ3) is 3.60. The number of ether oxygens (including phenoxy) is 2. The number of hydrogen-bond acceptors (Lipinski definition) is 8. The molecule has 2 saturated heterocycles. The van der Waals surface area contributed by atoms with Gasteiger partial charge in [0, 0.05) is 25.7 Å². The Kier molecular flexibility index (Phi) is 5.58. The molecule has 0 radical (unpaired) electrons. The van der Waals surface area contributed by atoms with E-state index in [2.05, 4.69) is 0 Å². The van der Waals surface area contributed by atoms with Crippen molar-refractivity contribution in [1.82, 2.24) is 0 Å². The Bertz CT molecular complexity index is 503. The van der Waals surface area contributed by atoms with E-state index in [1.807, 2.05) is 0 Å². The molecule has 8 heteroatoms. The van der Waals surface area contributed by atoms with E-state index in [4.69, 9.17) is 9.47 Å². The normalized spacial score (nSPS) is 45.2. The standard InChI is InChI=1S/2C9H14O4/c2*10-6-2-1-4-9(8(6)12)5-3-7(11)13-9/h2*6,8,10,12H,1-5H2/t2*6-,8-,9+/m10/s1. The molecule has 0 aromatic carbocycles. The largest absolute Gasteiger partial charge is 0.456 e. The van der Waals surface area contributed by atoms with Gasteiger partial charge in [-0.2, -0.15) is 0 Å². The Labute approximate surface area is 152 Å². The van der Waals surface area contributed by atoms with Gasteiger partial charge in [-0.05, 0) is 38.5 Å². The molecule has 2 spiro atoms. The molecule has 0 bridgehead atoms. The van der Waals surface area contributed by atoms with E-state index in [1.54, 1.807) is 0 Å². The first-order chi connectivity index (χ1) is 12.3. The lowest BCUT2D eigenvalue weighted by Gasteiger charge is -2.39. The number of carbonyl (C=O) groups excluding carboxylic acids is 2. The molecular formula is C18H28O8. The van der Waals surface area contributed by atoms with Gasteiger partial charge in [-0.3, -0.25) is 9.59 Å². The van der Waals surface area contributed by atoms with Crippen LogP contribution >= 0.6 is 0 Å². The first kappa shape index (κ1) is 19.5. The first-order valence-corrected chi connectivity index (χ1v) is 9.44. The van der Waals surface area contributed by atoms with Crippen LogP contribution in [0, 0.1) is 0 Å². The Morgan fingerprint density at radius 2 is 1.08 bits per heavy atom. The predicted molar refractivity (Wildman–Crippen MR) is 87.8 cm³/mol. The van der Waals surface area contributed by atoms with Gasteiger partial charge in [0.1, 0.15) is 23.4 Å². The van der Waals surface area contributed by atoms with Crippen molar-refractivity contribution in [3.05, 3.63) is 0 Å². The van der Waals surface area contributed by atoms with E-state index in [-0.39, 0.29) is 11.9 Å². The van der Waals surface area contributed by atoms with Crippen LogP contribution in [0.1, 0.15) is 64.2 Å². The summed E-state index contributed by atoms with van der Waals surface area (Å²) in [7, 11) is 0. The monoisotopic (exact) mass is 372 g/mol. The van der Waals surface area contributed by atoms with Crippen LogP contribution in [-0.2, 0) is 19.1 Å². The Balaban J connectivity index is 0.000000151. The van der Waals surface area contributed by atoms with Gasteiger partial charge >= 0.3 is 11.9 Å². The minimum absolute atomic E-state index is 0.256. The van der Waals surface area contributed by atoms with Gasteiger partial charge in [0.05, 0.1) is 12.2 Å². The molecule has 0 aromatic heterocycles. The molecule has 8 nitrogen and oxygen atoms in total. The lowest BCUT2D eigenvalue weighted by atomic mass is 9.79. The van der Waals surface area contributed by atoms with Crippen LogP contribution in [0.25, 0.3) is 0 Å². The summed E-state index contributed by atoms with van der Waals surface area (Å²) in [5, 5.41) is 38.3. The van der Waals surface area contributed by atoms with Gasteiger partial charge in [-0.1, -0.05) is 0 Å². The molecule has 2 aliphatic carbocycles. The minimum atomic E-state index is -0.896. The highest BCUT2D eigenvalue weighted by Gasteiger charge is 2.51. The lowest BCUT2D eigenvalue weighted by molar-refractivity contribution is -0.178. The van der Waals surface area contributed by atoms with Crippen LogP contribution in [0.4, 0.5) is 0 Å². The average Bonchev–Trinajstić information content (AvgIpc) is 3.16. The van der Waals surface area contributed by atoms with Gasteiger partial charge in [0.2, 0.25) is 0 Å². The maximum Gasteiger partial charge on any atom is 0.306 e. The Morgan fingerprint density at radius 1 is 0.692 bits per heavy atom. The zero-order valence-electron chi connectivity index (χ0n) is 14.8. The summed E-state index contributed by atoms with van der Waals surface area (Å²) in [6.07, 6.45) is 2.73. The predicted octanol–water partition coefficient (Wildman–Crippen LogP) is -0.0642. The topological polar surface area (TPSA) is 134 Å². The van der Waals surface area contributed by atoms with Crippen LogP contribution in [0.5, 0.6) is 0 Å². The molecule has 4 aliphatic rings. The molecule has 2 aliphatic heterocycles. The Hall–Kier alpha value is -1.22. The summed E-state index contributed by atoms with van der Waals surface area (Å²) >= 11 is 0. The van der Waals surface area contributed by atoms with E-state index in [9.17, 15) is 30.0 Å². The maximum atomic E-state index is 11.0. The molecule has 4 rings (SSSR count). The molecule has 0 unspecified atom stereocenters. The number of aliphatic hydroxyl groups excluding tert-OH is 4. The molecule has 4 N–H and O–H groups in total. The smallest absolute Gasteiger partial charge is 0.306 e. The number of hydrogen-bond donors (Lipinski definition) is 4. The molecule has 26 heavy (non-hydrogen) atoms. The second kappa shape index (κ2) is 7.42. The molecule has 2 heterocycles. The van der Waals surface area contributed by atoms with Crippen molar-refractivity contribution < 1.29 is 39.5 Å². The summed E-state index contributed by atoms with van der Waals surface area (Å²) in [6, 6.07) is 0. The van der Waals surface area contributed by atoms with E-state index in [0.717, 1.165) is 12.8 Å². The van der Waals surface area contributed by atoms with Crippen LogP contribution in [0.2, 0.25) is 0 Å². The summed E-state index contributed by atoms with van der Waals surface area (Å²) in [4.78, 5) is 21.9. The highest BCUT2D eigenvalue weighted by atomic mass is 16.6. The van der Waals surface area contributed by atoms with E-state index in [1.165, 1.54) is 0 Å². The fourth-order valence-electron chi connectivity index (χ4n) is 4.59. The highest BCUT2D eigenvalue weighted by molar-refractivity contribution is 5.72. The van der Waals surface area contributed by atoms with E-state index < -0.39 is 35.6 Å². The summed E-state index contributed by atoms with van der Waals surface area (Å²) in [6.45, 7) is 0. The third-order valence-corrected chi connectivity index (χ3v) is 6.15. The molecular weight excluding hydrogens is 344 g/mol. The first-order valence-electron chi connectivity index (χ1n) is 9.44. The fraction of sp³-hybridized carbons (Fsp3) is 0.889. The summed E-state index contributed by atoms with van der Waals surface area (Å²) in [5.41, 5.74) is -1.54. The number of rotatable bonds is 0. The summed E-state index contributed by atoms with van der Waals surface area (Å²) < 4.78 is 10.2. The molecule has 2 saturated carbocycles. The van der Waals surface area contributed by atoms with Gasteiger partial charge < -0.3 is 29.9 Å². The average molecular weight is 372 g/mol. The fourth-order valence-corrected chi connectivity index (χ4v) is 4.59. The summed E-state index contributed by atoms with van der Waals surface area (Å²) in [5.74, 6) is -0.513. The van der Waals surface area contributed by atoms with Crippen molar-refractivity contribution >= 4 is 11.9 Å². The van der Waals surface area contributed by atoms with Crippen molar-refractivity contribution in [3.63, 3.8) is 0 Å². The van der Waals surface area contributed by atoms with Crippen molar-refractivity contribution in [2.45, 2.75) is 99.8 Å². The van der Waals surface area contributed by atoms with E-state index >= 15 is 0 Å². The SMILES string of the molecule is O=C1CC[C@@]2(CCC[C@H](O)[C@@H]2O)O1.O=C1CC[C@]2(CCC[C@@H](O)[C@H]2O)O1. The van der Waals surface area contributed by atoms with Gasteiger partial charge in [-0.15, -0.1) is 0 Å². The molecule has 0 amide bonds. The van der Waals surface area contributed by atoms with Gasteiger partial charge in [0.15, 0.2) is 0 Å². The number of esters is 2. The minimum Gasteiger partial charge on any atom is -0.456 e. The number of carbonyl (C=O) groups is 2. The van der Waals surface area contributed by atoms with E-state index in [0.29, 0.717) is 51.4 Å². The zero-order chi connectivity index (χ0) is 18.9. The second-order valence-corrected chi connectivity index (χ2v) is 7.89. The second-order valence-electron chi connectivity index (χ2n) is 7.89. The molecule has 148 valence electrons. The Morgan fingerprint density at radius 3 is 1.38 bits per heavy atom. The lowest BCUT2D eigenvalue weighted by Crippen LogP contribution is -2.51. The van der Waals surface area contributed by atoms with Crippen molar-refractivity contribution in [3.8, 4) is 0 Å².